The summed E-state index contributed by atoms with van der Waals surface area (Å²) in [5, 5.41) is 14.7. The Morgan fingerprint density at radius 2 is 2.05 bits per heavy atom. The van der Waals surface area contributed by atoms with Crippen LogP contribution in [0.4, 0.5) is 13.2 Å². The molecule has 20 heavy (non-hydrogen) atoms. The Morgan fingerprint density at radius 3 is 2.70 bits per heavy atom. The number of benzene rings is 1. The van der Waals surface area contributed by atoms with Crippen LogP contribution in [0, 0.1) is 0 Å². The monoisotopic (exact) mass is 286 g/mol. The van der Waals surface area contributed by atoms with Gasteiger partial charge in [0.15, 0.2) is 0 Å². The van der Waals surface area contributed by atoms with E-state index in [2.05, 4.69) is 10.2 Å². The second kappa shape index (κ2) is 5.24. The van der Waals surface area contributed by atoms with Crippen LogP contribution in [0.25, 0.3) is 0 Å². The molecule has 0 aliphatic carbocycles. The number of alkyl halides is 3. The van der Waals surface area contributed by atoms with Gasteiger partial charge in [-0.3, -0.25) is 5.10 Å². The fourth-order valence-electron chi connectivity index (χ4n) is 1.58. The van der Waals surface area contributed by atoms with Gasteiger partial charge in [0.1, 0.15) is 17.9 Å². The fraction of sp³-hybridized carbons (Fsp3) is 0.167. The molecule has 8 heteroatoms. The van der Waals surface area contributed by atoms with E-state index in [-0.39, 0.29) is 23.6 Å². The minimum atomic E-state index is -4.54. The molecule has 0 atom stereocenters. The number of nitrogens with zero attached hydrogens (tertiary/aromatic N) is 1. The predicted molar refractivity (Wildman–Crippen MR) is 61.3 cm³/mol. The van der Waals surface area contributed by atoms with Gasteiger partial charge in [0.2, 0.25) is 0 Å². The van der Waals surface area contributed by atoms with Gasteiger partial charge in [-0.25, -0.2) is 4.79 Å². The highest BCUT2D eigenvalue weighted by Crippen LogP contribution is 2.36. The van der Waals surface area contributed by atoms with E-state index in [1.807, 2.05) is 0 Å². The number of H-pyrrole nitrogens is 1. The molecule has 0 bridgehead atoms. The second-order valence-electron chi connectivity index (χ2n) is 3.85. The number of nitrogens with one attached hydrogen (secondary N) is 1. The van der Waals surface area contributed by atoms with Crippen LogP contribution in [-0.2, 0) is 12.8 Å². The van der Waals surface area contributed by atoms with E-state index in [0.29, 0.717) is 0 Å². The third-order valence-electron chi connectivity index (χ3n) is 2.51. The highest BCUT2D eigenvalue weighted by molar-refractivity contribution is 5.88. The Kier molecular flexibility index (Phi) is 3.64. The second-order valence-corrected chi connectivity index (χ2v) is 3.85. The molecule has 5 nitrogen and oxygen atoms in total. The van der Waals surface area contributed by atoms with Crippen molar-refractivity contribution < 1.29 is 27.8 Å². The van der Waals surface area contributed by atoms with Crippen LogP contribution >= 0.6 is 0 Å². The van der Waals surface area contributed by atoms with Crippen molar-refractivity contribution in [1.82, 2.24) is 10.2 Å². The Labute approximate surface area is 111 Å². The van der Waals surface area contributed by atoms with Crippen molar-refractivity contribution in [2.24, 2.45) is 0 Å². The van der Waals surface area contributed by atoms with Gasteiger partial charge in [-0.15, -0.1) is 0 Å². The summed E-state index contributed by atoms with van der Waals surface area (Å²) in [5.41, 5.74) is -0.972. The number of hydrogen-bond donors (Lipinski definition) is 2. The van der Waals surface area contributed by atoms with Crippen LogP contribution in [0.2, 0.25) is 0 Å². The van der Waals surface area contributed by atoms with Gasteiger partial charge < -0.3 is 9.84 Å². The van der Waals surface area contributed by atoms with Crippen LogP contribution in [-0.4, -0.2) is 21.3 Å². The summed E-state index contributed by atoms with van der Waals surface area (Å²) in [7, 11) is 0. The van der Waals surface area contributed by atoms with Crippen molar-refractivity contribution in [3.05, 3.63) is 47.3 Å². The van der Waals surface area contributed by atoms with Crippen molar-refractivity contribution in [2.75, 3.05) is 0 Å². The number of aromatic carboxylic acids is 1. The zero-order valence-electron chi connectivity index (χ0n) is 9.94. The van der Waals surface area contributed by atoms with E-state index in [1.54, 1.807) is 0 Å². The molecule has 0 spiro atoms. The third-order valence-corrected chi connectivity index (χ3v) is 2.51. The number of hydrogen-bond acceptors (Lipinski definition) is 3. The Balaban J connectivity index is 2.20. The lowest BCUT2D eigenvalue weighted by atomic mass is 10.2. The van der Waals surface area contributed by atoms with E-state index >= 15 is 0 Å². The number of carbonyl (C=O) groups is 1. The number of aromatic amines is 1. The number of aromatic nitrogens is 2. The van der Waals surface area contributed by atoms with E-state index in [0.717, 1.165) is 12.3 Å². The molecule has 1 aromatic carbocycles. The summed E-state index contributed by atoms with van der Waals surface area (Å²) in [4.78, 5) is 10.8. The summed E-state index contributed by atoms with van der Waals surface area (Å²) in [6.07, 6.45) is -3.48. The van der Waals surface area contributed by atoms with Gasteiger partial charge in [0.05, 0.1) is 17.5 Å². The Bertz CT molecular complexity index is 622. The van der Waals surface area contributed by atoms with Crippen molar-refractivity contribution in [2.45, 2.75) is 12.8 Å². The highest BCUT2D eigenvalue weighted by atomic mass is 19.4. The molecule has 1 aromatic heterocycles. The number of para-hydroxylation sites is 1. The number of halogens is 3. The molecule has 2 N–H and O–H groups in total. The predicted octanol–water partition coefficient (Wildman–Crippen LogP) is 2.71. The van der Waals surface area contributed by atoms with Crippen molar-refractivity contribution in [3.63, 3.8) is 0 Å². The van der Waals surface area contributed by atoms with Gasteiger partial charge in [-0.05, 0) is 12.1 Å². The quantitative estimate of drug-likeness (QED) is 0.906. The van der Waals surface area contributed by atoms with E-state index in [4.69, 9.17) is 9.84 Å². The maximum absolute atomic E-state index is 12.7. The largest absolute Gasteiger partial charge is 0.487 e. The molecule has 1 heterocycles. The zero-order valence-corrected chi connectivity index (χ0v) is 9.94. The zero-order chi connectivity index (χ0) is 14.8. The first kappa shape index (κ1) is 13.9. The first-order chi connectivity index (χ1) is 9.39. The first-order valence-corrected chi connectivity index (χ1v) is 5.44. The lowest BCUT2D eigenvalue weighted by molar-refractivity contribution is -0.139. The van der Waals surface area contributed by atoms with Crippen LogP contribution in [0.5, 0.6) is 5.75 Å². The lowest BCUT2D eigenvalue weighted by Crippen LogP contribution is -2.10. The SMILES string of the molecule is O=C(O)c1cn[nH]c1COc1ccccc1C(F)(F)F. The molecule has 0 aliphatic rings. The van der Waals surface area contributed by atoms with Crippen LogP contribution in [0.3, 0.4) is 0 Å². The van der Waals surface area contributed by atoms with Gasteiger partial charge in [-0.1, -0.05) is 12.1 Å². The standard InChI is InChI=1S/C12H9F3N2O3/c13-12(14,15)8-3-1-2-4-10(8)20-6-9-7(11(18)19)5-16-17-9/h1-5H,6H2,(H,16,17)(H,18,19). The minimum absolute atomic E-state index is 0.0921. The van der Waals surface area contributed by atoms with Crippen molar-refractivity contribution >= 4 is 5.97 Å². The number of rotatable bonds is 4. The van der Waals surface area contributed by atoms with Crippen LogP contribution < -0.4 is 4.74 Å². The smallest absolute Gasteiger partial charge is 0.419 e. The lowest BCUT2D eigenvalue weighted by Gasteiger charge is -2.13. The molecular weight excluding hydrogens is 277 g/mol. The minimum Gasteiger partial charge on any atom is -0.487 e. The summed E-state index contributed by atoms with van der Waals surface area (Å²) < 4.78 is 43.2. The molecule has 0 fully saturated rings. The molecule has 0 amide bonds. The molecule has 106 valence electrons. The van der Waals surface area contributed by atoms with Gasteiger partial charge in [0, 0.05) is 0 Å². The molecule has 0 aliphatic heterocycles. The van der Waals surface area contributed by atoms with Gasteiger partial charge in [-0.2, -0.15) is 18.3 Å². The first-order valence-electron chi connectivity index (χ1n) is 5.44. The number of ether oxygens (including phenoxy) is 1. The molecule has 2 aromatic rings. The number of carboxylic acids is 1. The average molecular weight is 286 g/mol. The maximum Gasteiger partial charge on any atom is 0.419 e. The van der Waals surface area contributed by atoms with Crippen LogP contribution in [0.15, 0.2) is 30.5 Å². The molecule has 0 saturated carbocycles. The molecule has 0 saturated heterocycles. The van der Waals surface area contributed by atoms with Crippen LogP contribution in [0.1, 0.15) is 21.6 Å². The highest BCUT2D eigenvalue weighted by Gasteiger charge is 2.34. The normalized spacial score (nSPS) is 11.3. The summed E-state index contributed by atoms with van der Waals surface area (Å²) in [6.45, 7) is -0.352. The fourth-order valence-corrected chi connectivity index (χ4v) is 1.58. The Morgan fingerprint density at radius 1 is 1.35 bits per heavy atom. The van der Waals surface area contributed by atoms with E-state index in [1.165, 1.54) is 18.2 Å². The Hall–Kier alpha value is -2.51. The maximum atomic E-state index is 12.7. The number of carboxylic acid groups (broad SMARTS) is 1. The van der Waals surface area contributed by atoms with Crippen molar-refractivity contribution in [3.8, 4) is 5.75 Å². The topological polar surface area (TPSA) is 75.2 Å². The molecule has 2 rings (SSSR count). The van der Waals surface area contributed by atoms with Crippen molar-refractivity contribution in [1.29, 1.82) is 0 Å². The molecule has 0 radical (unpaired) electrons. The summed E-state index contributed by atoms with van der Waals surface area (Å²) >= 11 is 0. The van der Waals surface area contributed by atoms with Gasteiger partial charge >= 0.3 is 12.1 Å². The van der Waals surface area contributed by atoms with E-state index in [9.17, 15) is 18.0 Å². The third kappa shape index (κ3) is 2.90. The van der Waals surface area contributed by atoms with Gasteiger partial charge in [0.25, 0.3) is 0 Å². The average Bonchev–Trinajstić information content (AvgIpc) is 2.84. The molecule has 0 unspecified atom stereocenters. The summed E-state index contributed by atoms with van der Waals surface area (Å²) in [6, 6.07) is 4.70. The molecular formula is C12H9F3N2O3. The summed E-state index contributed by atoms with van der Waals surface area (Å²) in [5.74, 6) is -1.60. The van der Waals surface area contributed by atoms with E-state index < -0.39 is 17.7 Å².